The lowest BCUT2D eigenvalue weighted by molar-refractivity contribution is 0.204. The van der Waals surface area contributed by atoms with Gasteiger partial charge >= 0.3 is 0 Å². The van der Waals surface area contributed by atoms with Crippen molar-refractivity contribution in [2.24, 2.45) is 5.92 Å². The number of alkyl halides is 1. The second-order valence-corrected chi connectivity index (χ2v) is 5.77. The maximum absolute atomic E-state index is 6.40. The summed E-state index contributed by atoms with van der Waals surface area (Å²) in [5, 5.41) is 0. The van der Waals surface area contributed by atoms with Crippen molar-refractivity contribution in [2.75, 3.05) is 19.6 Å². The van der Waals surface area contributed by atoms with Crippen LogP contribution in [0.4, 0.5) is 0 Å². The van der Waals surface area contributed by atoms with Gasteiger partial charge in [0.2, 0.25) is 0 Å². The highest BCUT2D eigenvalue weighted by Gasteiger charge is 2.29. The Hall–Kier alpha value is -0.730. The van der Waals surface area contributed by atoms with Gasteiger partial charge in [-0.1, -0.05) is 49.6 Å². The maximum Gasteiger partial charge on any atom is 0.176 e. The minimum absolute atomic E-state index is 0.210. The van der Waals surface area contributed by atoms with Crippen molar-refractivity contribution in [3.8, 4) is 5.75 Å². The van der Waals surface area contributed by atoms with Crippen LogP contribution in [0.3, 0.4) is 0 Å². The molecular formula is C16H24ClNO. The molecule has 0 aliphatic carbocycles. The molecule has 19 heavy (non-hydrogen) atoms. The summed E-state index contributed by atoms with van der Waals surface area (Å²) < 4.78 is 5.81. The summed E-state index contributed by atoms with van der Waals surface area (Å²) in [7, 11) is 0. The lowest BCUT2D eigenvalue weighted by atomic mass is 10.1. The van der Waals surface area contributed by atoms with Gasteiger partial charge < -0.3 is 9.64 Å². The molecule has 0 aromatic heterocycles. The quantitative estimate of drug-likeness (QED) is 0.550. The summed E-state index contributed by atoms with van der Waals surface area (Å²) in [4.78, 5) is 2.52. The van der Waals surface area contributed by atoms with Crippen LogP contribution < -0.4 is 4.74 Å². The van der Waals surface area contributed by atoms with Crippen molar-refractivity contribution in [1.29, 1.82) is 0 Å². The zero-order valence-corrected chi connectivity index (χ0v) is 12.5. The molecule has 0 spiro atoms. The second-order valence-electron chi connectivity index (χ2n) is 5.34. The number of halogens is 1. The van der Waals surface area contributed by atoms with Crippen LogP contribution in [0.25, 0.3) is 0 Å². The Kier molecular flexibility index (Phi) is 5.99. The monoisotopic (exact) mass is 281 g/mol. The van der Waals surface area contributed by atoms with Gasteiger partial charge in [-0.15, -0.1) is 0 Å². The molecule has 0 saturated carbocycles. The van der Waals surface area contributed by atoms with Crippen molar-refractivity contribution in [2.45, 2.75) is 38.2 Å². The summed E-state index contributed by atoms with van der Waals surface area (Å²) in [5.74, 6) is 1.32. The van der Waals surface area contributed by atoms with E-state index in [1.165, 1.54) is 25.8 Å². The number of nitrogens with zero attached hydrogens (tertiary/aromatic N) is 1. The van der Waals surface area contributed by atoms with Gasteiger partial charge in [-0.25, -0.2) is 0 Å². The van der Waals surface area contributed by atoms with Gasteiger partial charge in [0.05, 0.1) is 0 Å². The number of hydrogen-bond donors (Lipinski definition) is 0. The van der Waals surface area contributed by atoms with E-state index in [-0.39, 0.29) is 5.56 Å². The van der Waals surface area contributed by atoms with Gasteiger partial charge in [0, 0.05) is 12.5 Å². The fourth-order valence-corrected chi connectivity index (χ4v) is 2.90. The Morgan fingerprint density at radius 2 is 2.11 bits per heavy atom. The fraction of sp³-hybridized carbons (Fsp3) is 0.625. The molecule has 2 atom stereocenters. The number of unbranched alkanes of at least 4 members (excludes halogenated alkanes) is 2. The van der Waals surface area contributed by atoms with Crippen LogP contribution in [0.15, 0.2) is 30.3 Å². The molecule has 0 amide bonds. The van der Waals surface area contributed by atoms with E-state index in [4.69, 9.17) is 16.3 Å². The molecule has 1 saturated heterocycles. The highest BCUT2D eigenvalue weighted by Crippen LogP contribution is 2.26. The first-order valence-corrected chi connectivity index (χ1v) is 7.81. The first kappa shape index (κ1) is 14.7. The molecule has 1 aromatic rings. The lowest BCUT2D eigenvalue weighted by Gasteiger charge is -2.20. The lowest BCUT2D eigenvalue weighted by Crippen LogP contribution is -2.27. The minimum atomic E-state index is -0.210. The largest absolute Gasteiger partial charge is 0.474 e. The fourth-order valence-electron chi connectivity index (χ4n) is 2.59. The Labute approximate surface area is 121 Å². The predicted octanol–water partition coefficient (Wildman–Crippen LogP) is 4.14. The third-order valence-electron chi connectivity index (χ3n) is 3.75. The van der Waals surface area contributed by atoms with Crippen molar-refractivity contribution in [3.63, 3.8) is 0 Å². The summed E-state index contributed by atoms with van der Waals surface area (Å²) in [5.41, 5.74) is -0.210. The zero-order chi connectivity index (χ0) is 13.5. The minimum Gasteiger partial charge on any atom is -0.474 e. The third-order valence-corrected chi connectivity index (χ3v) is 4.19. The molecular weight excluding hydrogens is 258 g/mol. The van der Waals surface area contributed by atoms with Crippen LogP contribution in [0.1, 0.15) is 32.6 Å². The van der Waals surface area contributed by atoms with Crippen LogP contribution in [0.2, 0.25) is 0 Å². The topological polar surface area (TPSA) is 12.5 Å². The van der Waals surface area contributed by atoms with Crippen LogP contribution in [-0.2, 0) is 0 Å². The molecule has 1 aliphatic heterocycles. The van der Waals surface area contributed by atoms with E-state index in [1.807, 2.05) is 30.3 Å². The van der Waals surface area contributed by atoms with Crippen LogP contribution in [-0.4, -0.2) is 30.1 Å². The summed E-state index contributed by atoms with van der Waals surface area (Å²) in [6.07, 6.45) is 5.06. The zero-order valence-electron chi connectivity index (χ0n) is 11.7. The number of likely N-dealkylation sites (tertiary alicyclic amines) is 1. The molecule has 1 fully saturated rings. The van der Waals surface area contributed by atoms with E-state index in [0.717, 1.165) is 25.3 Å². The normalized spacial score (nSPS) is 21.5. The van der Waals surface area contributed by atoms with Gasteiger partial charge in [-0.05, 0) is 38.1 Å². The predicted molar refractivity (Wildman–Crippen MR) is 80.8 cm³/mol. The average Bonchev–Trinajstić information content (AvgIpc) is 2.89. The molecule has 2 nitrogen and oxygen atoms in total. The highest BCUT2D eigenvalue weighted by atomic mass is 35.5. The standard InChI is InChI=1S/C16H24ClNO/c1-2-3-7-11-18-12-10-14(13-18)16(17)19-15-8-5-4-6-9-15/h4-6,8-9,14,16H,2-3,7,10-13H2,1H3. The Morgan fingerprint density at radius 1 is 1.32 bits per heavy atom. The molecule has 106 valence electrons. The number of hydrogen-bond acceptors (Lipinski definition) is 2. The molecule has 2 rings (SSSR count). The van der Waals surface area contributed by atoms with E-state index in [2.05, 4.69) is 11.8 Å². The number of para-hydroxylation sites is 1. The molecule has 3 heteroatoms. The molecule has 1 heterocycles. The summed E-state index contributed by atoms with van der Waals surface area (Å²) >= 11 is 6.40. The van der Waals surface area contributed by atoms with Crippen molar-refractivity contribution >= 4 is 11.6 Å². The second kappa shape index (κ2) is 7.76. The Balaban J connectivity index is 1.74. The van der Waals surface area contributed by atoms with E-state index in [1.54, 1.807) is 0 Å². The van der Waals surface area contributed by atoms with E-state index < -0.39 is 0 Å². The Morgan fingerprint density at radius 3 is 2.84 bits per heavy atom. The van der Waals surface area contributed by atoms with E-state index >= 15 is 0 Å². The summed E-state index contributed by atoms with van der Waals surface area (Å²) in [6, 6.07) is 9.86. The van der Waals surface area contributed by atoms with Crippen molar-refractivity contribution < 1.29 is 4.74 Å². The van der Waals surface area contributed by atoms with Gasteiger partial charge in [0.1, 0.15) is 5.75 Å². The van der Waals surface area contributed by atoms with E-state index in [9.17, 15) is 0 Å². The molecule has 0 bridgehead atoms. The van der Waals surface area contributed by atoms with Crippen molar-refractivity contribution in [1.82, 2.24) is 4.90 Å². The van der Waals surface area contributed by atoms with E-state index in [0.29, 0.717) is 5.92 Å². The molecule has 2 unspecified atom stereocenters. The average molecular weight is 282 g/mol. The third kappa shape index (κ3) is 4.70. The molecule has 0 N–H and O–H groups in total. The van der Waals surface area contributed by atoms with Gasteiger partial charge in [-0.3, -0.25) is 0 Å². The SMILES string of the molecule is CCCCCN1CCC(C(Cl)Oc2ccccc2)C1. The number of benzene rings is 1. The smallest absolute Gasteiger partial charge is 0.176 e. The van der Waals surface area contributed by atoms with Crippen LogP contribution in [0.5, 0.6) is 5.75 Å². The number of rotatable bonds is 7. The van der Waals surface area contributed by atoms with Crippen LogP contribution in [0, 0.1) is 5.92 Å². The van der Waals surface area contributed by atoms with Gasteiger partial charge in [-0.2, -0.15) is 0 Å². The number of ether oxygens (including phenoxy) is 1. The molecule has 1 aliphatic rings. The Bertz CT molecular complexity index is 357. The molecule has 0 radical (unpaired) electrons. The maximum atomic E-state index is 6.40. The first-order chi connectivity index (χ1) is 9.29. The van der Waals surface area contributed by atoms with Crippen molar-refractivity contribution in [3.05, 3.63) is 30.3 Å². The molecule has 1 aromatic carbocycles. The van der Waals surface area contributed by atoms with Gasteiger partial charge in [0.25, 0.3) is 0 Å². The van der Waals surface area contributed by atoms with Crippen LogP contribution >= 0.6 is 11.6 Å². The highest BCUT2D eigenvalue weighted by molar-refractivity contribution is 6.20. The first-order valence-electron chi connectivity index (χ1n) is 7.37. The van der Waals surface area contributed by atoms with Gasteiger partial charge in [0.15, 0.2) is 5.56 Å². The summed E-state index contributed by atoms with van der Waals surface area (Å²) in [6.45, 7) is 5.69.